The monoisotopic (exact) mass is 498 g/mol. The number of hydrogen-bond acceptors (Lipinski definition) is 7. The lowest BCUT2D eigenvalue weighted by Gasteiger charge is -2.17. The topological polar surface area (TPSA) is 124 Å². The summed E-state index contributed by atoms with van der Waals surface area (Å²) in [6.45, 7) is -0.149. The van der Waals surface area contributed by atoms with Crippen LogP contribution in [-0.2, 0) is 19.1 Å². The van der Waals surface area contributed by atoms with Crippen molar-refractivity contribution in [2.75, 3.05) is 7.11 Å². The molecule has 5 rings (SSSR count). The van der Waals surface area contributed by atoms with Gasteiger partial charge in [0.1, 0.15) is 17.0 Å². The number of hydrogen-bond donors (Lipinski definition) is 3. The molecule has 4 aromatic rings. The molecule has 0 fully saturated rings. The van der Waals surface area contributed by atoms with E-state index in [1.807, 2.05) is 24.3 Å². The Bertz CT molecular complexity index is 1470. The van der Waals surface area contributed by atoms with Crippen LogP contribution < -0.4 is 15.8 Å². The third kappa shape index (κ3) is 4.06. The number of aliphatic hydroxyl groups excluding tert-OH is 1. The number of carbonyl (C=O) groups is 1. The molecule has 11 heteroatoms. The van der Waals surface area contributed by atoms with Crippen molar-refractivity contribution in [1.29, 1.82) is 0 Å². The van der Waals surface area contributed by atoms with Crippen molar-refractivity contribution >= 4 is 16.8 Å². The van der Waals surface area contributed by atoms with E-state index in [1.54, 1.807) is 6.07 Å². The number of carbonyl (C=O) groups excluding carboxylic acids is 1. The van der Waals surface area contributed by atoms with Gasteiger partial charge in [-0.1, -0.05) is 24.3 Å². The Hall–Kier alpha value is -3.96. The van der Waals surface area contributed by atoms with Gasteiger partial charge in [0.2, 0.25) is 5.89 Å². The van der Waals surface area contributed by atoms with Crippen LogP contribution in [0.25, 0.3) is 22.4 Å². The molecule has 0 aliphatic heterocycles. The zero-order valence-corrected chi connectivity index (χ0v) is 19.0. The molecule has 0 spiro atoms. The minimum atomic E-state index is -4.64. The number of ether oxygens (including phenoxy) is 1. The molecule has 1 aliphatic rings. The standard InChI is InChI=1S/C25H21F3N4O4/c1-35-17-8-6-15(14-7-9-19(25(26,27)28)30-21(14)17)24-32-22(18(11-29)36-24)23(34)31-20-13-5-3-2-4-12(13)10-16(20)33/h2-9,16,20,33H,10-11,29H2,1H3,(H,31,34). The molecule has 2 heterocycles. The summed E-state index contributed by atoms with van der Waals surface area (Å²) < 4.78 is 50.7. The maximum Gasteiger partial charge on any atom is 0.433 e. The van der Waals surface area contributed by atoms with Gasteiger partial charge in [0.05, 0.1) is 25.8 Å². The van der Waals surface area contributed by atoms with Crippen LogP contribution in [0, 0.1) is 0 Å². The fourth-order valence-electron chi connectivity index (χ4n) is 4.44. The lowest BCUT2D eigenvalue weighted by atomic mass is 10.1. The Kier molecular flexibility index (Phi) is 5.89. The summed E-state index contributed by atoms with van der Waals surface area (Å²) in [4.78, 5) is 21.2. The van der Waals surface area contributed by atoms with Gasteiger partial charge < -0.3 is 25.3 Å². The summed E-state index contributed by atoms with van der Waals surface area (Å²) in [6.07, 6.45) is -5.04. The van der Waals surface area contributed by atoms with Crippen LogP contribution in [-0.4, -0.2) is 34.2 Å². The second-order valence-electron chi connectivity index (χ2n) is 8.32. The van der Waals surface area contributed by atoms with Gasteiger partial charge >= 0.3 is 6.18 Å². The summed E-state index contributed by atoms with van der Waals surface area (Å²) in [5.41, 5.74) is 6.67. The van der Waals surface area contributed by atoms with Crippen LogP contribution in [0.1, 0.15) is 39.1 Å². The third-order valence-corrected chi connectivity index (χ3v) is 6.15. The van der Waals surface area contributed by atoms with Crippen LogP contribution >= 0.6 is 0 Å². The third-order valence-electron chi connectivity index (χ3n) is 6.15. The first-order chi connectivity index (χ1) is 17.2. The summed E-state index contributed by atoms with van der Waals surface area (Å²) >= 11 is 0. The summed E-state index contributed by atoms with van der Waals surface area (Å²) in [5, 5.41) is 13.6. The van der Waals surface area contributed by atoms with E-state index in [0.717, 1.165) is 17.2 Å². The van der Waals surface area contributed by atoms with Gasteiger partial charge in [-0.15, -0.1) is 0 Å². The molecule has 2 unspecified atom stereocenters. The lowest BCUT2D eigenvalue weighted by molar-refractivity contribution is -0.140. The van der Waals surface area contributed by atoms with E-state index in [9.17, 15) is 23.1 Å². The molecular weight excluding hydrogens is 477 g/mol. The molecule has 4 N–H and O–H groups in total. The SMILES string of the molecule is COc1ccc(-c2nc(C(=O)NC3c4ccccc4CC3O)c(CN)o2)c2ccc(C(F)(F)F)nc12. The van der Waals surface area contributed by atoms with E-state index < -0.39 is 29.9 Å². The smallest absolute Gasteiger partial charge is 0.433 e. The van der Waals surface area contributed by atoms with Crippen LogP contribution in [0.15, 0.2) is 52.9 Å². The predicted octanol–water partition coefficient (Wildman–Crippen LogP) is 3.76. The van der Waals surface area contributed by atoms with Gasteiger partial charge in [0.15, 0.2) is 11.5 Å². The molecule has 0 saturated carbocycles. The van der Waals surface area contributed by atoms with Crippen molar-refractivity contribution in [3.05, 3.63) is 76.8 Å². The van der Waals surface area contributed by atoms with Crippen LogP contribution in [0.4, 0.5) is 13.2 Å². The van der Waals surface area contributed by atoms with Crippen molar-refractivity contribution < 1.29 is 32.2 Å². The first kappa shape index (κ1) is 23.8. The number of aliphatic hydroxyl groups is 1. The zero-order chi connectivity index (χ0) is 25.6. The largest absolute Gasteiger partial charge is 0.494 e. The van der Waals surface area contributed by atoms with Crippen LogP contribution in [0.3, 0.4) is 0 Å². The van der Waals surface area contributed by atoms with E-state index in [2.05, 4.69) is 15.3 Å². The van der Waals surface area contributed by atoms with E-state index in [4.69, 9.17) is 14.9 Å². The number of halogens is 3. The molecule has 36 heavy (non-hydrogen) atoms. The quantitative estimate of drug-likeness (QED) is 0.383. The maximum atomic E-state index is 13.2. The van der Waals surface area contributed by atoms with Crippen molar-refractivity contribution in [2.24, 2.45) is 5.73 Å². The maximum absolute atomic E-state index is 13.2. The summed E-state index contributed by atoms with van der Waals surface area (Å²) in [5.74, 6) is -0.381. The molecule has 186 valence electrons. The Labute approximate surface area is 202 Å². The number of methoxy groups -OCH3 is 1. The molecule has 2 aromatic heterocycles. The molecule has 1 aliphatic carbocycles. The normalized spacial score (nSPS) is 17.3. The number of amides is 1. The van der Waals surface area contributed by atoms with Crippen molar-refractivity contribution in [1.82, 2.24) is 15.3 Å². The fraction of sp³-hybridized carbons (Fsp3) is 0.240. The van der Waals surface area contributed by atoms with E-state index in [1.165, 1.54) is 19.2 Å². The first-order valence-electron chi connectivity index (χ1n) is 11.0. The molecule has 2 atom stereocenters. The number of pyridine rings is 1. The fourth-order valence-corrected chi connectivity index (χ4v) is 4.44. The van der Waals surface area contributed by atoms with Crippen molar-refractivity contribution in [3.8, 4) is 17.2 Å². The minimum absolute atomic E-state index is 0.0119. The van der Waals surface area contributed by atoms with Gasteiger partial charge in [0.25, 0.3) is 5.91 Å². The number of nitrogens with zero attached hydrogens (tertiary/aromatic N) is 2. The van der Waals surface area contributed by atoms with Gasteiger partial charge in [-0.05, 0) is 35.4 Å². The molecule has 1 amide bonds. The van der Waals surface area contributed by atoms with Gasteiger partial charge in [-0.25, -0.2) is 9.97 Å². The predicted molar refractivity (Wildman–Crippen MR) is 123 cm³/mol. The van der Waals surface area contributed by atoms with Crippen molar-refractivity contribution in [3.63, 3.8) is 0 Å². The van der Waals surface area contributed by atoms with Crippen LogP contribution in [0.5, 0.6) is 5.75 Å². The molecular formula is C25H21F3N4O4. The molecule has 0 radical (unpaired) electrons. The number of nitrogens with two attached hydrogens (primary N) is 1. The average Bonchev–Trinajstić information content (AvgIpc) is 3.43. The highest BCUT2D eigenvalue weighted by Gasteiger charge is 2.35. The highest BCUT2D eigenvalue weighted by atomic mass is 19.4. The van der Waals surface area contributed by atoms with Crippen molar-refractivity contribution in [2.45, 2.75) is 31.3 Å². The number of aromatic nitrogens is 2. The van der Waals surface area contributed by atoms with Gasteiger partial charge in [-0.3, -0.25) is 4.79 Å². The Balaban J connectivity index is 1.53. The first-order valence-corrected chi connectivity index (χ1v) is 11.0. The molecule has 2 aromatic carbocycles. The van der Waals surface area contributed by atoms with Gasteiger partial charge in [-0.2, -0.15) is 13.2 Å². The van der Waals surface area contributed by atoms with Gasteiger partial charge in [0, 0.05) is 17.4 Å². The molecule has 0 saturated heterocycles. The highest BCUT2D eigenvalue weighted by Crippen LogP contribution is 2.37. The number of rotatable bonds is 5. The molecule has 0 bridgehead atoms. The average molecular weight is 498 g/mol. The zero-order valence-electron chi connectivity index (χ0n) is 19.0. The number of alkyl halides is 3. The Morgan fingerprint density at radius 3 is 2.69 bits per heavy atom. The lowest BCUT2D eigenvalue weighted by Crippen LogP contribution is -2.34. The Morgan fingerprint density at radius 1 is 1.19 bits per heavy atom. The van der Waals surface area contributed by atoms with Crippen LogP contribution in [0.2, 0.25) is 0 Å². The number of benzene rings is 2. The second-order valence-corrected chi connectivity index (χ2v) is 8.32. The number of oxazole rings is 1. The molecule has 8 nitrogen and oxygen atoms in total. The minimum Gasteiger partial charge on any atom is -0.494 e. The van der Waals surface area contributed by atoms with E-state index in [0.29, 0.717) is 17.4 Å². The van der Waals surface area contributed by atoms with E-state index in [-0.39, 0.29) is 35.2 Å². The van der Waals surface area contributed by atoms with E-state index >= 15 is 0 Å². The second kappa shape index (κ2) is 8.92. The summed E-state index contributed by atoms with van der Waals surface area (Å²) in [7, 11) is 1.33. The highest BCUT2D eigenvalue weighted by molar-refractivity contribution is 5.98. The summed E-state index contributed by atoms with van der Waals surface area (Å²) in [6, 6.07) is 11.9. The Morgan fingerprint density at radius 2 is 1.97 bits per heavy atom. The number of nitrogens with one attached hydrogen (secondary N) is 1. The number of fused-ring (bicyclic) bond motifs is 2.